The Bertz CT molecular complexity index is 660. The predicted molar refractivity (Wildman–Crippen MR) is 59.9 cm³/mol. The third-order valence-electron chi connectivity index (χ3n) is 3.09. The number of carbonyl (C=O) groups excluding carboxylic acids is 1. The Labute approximate surface area is 96.7 Å². The third kappa shape index (κ3) is 1.15. The highest BCUT2D eigenvalue weighted by atomic mass is 16.7. The van der Waals surface area contributed by atoms with Crippen molar-refractivity contribution in [3.63, 3.8) is 0 Å². The SMILES string of the molecule is O=C1COc2cc3cc4c(cc3cc21)OCO4. The molecule has 4 rings (SSSR count). The second-order valence-electron chi connectivity index (χ2n) is 4.11. The second kappa shape index (κ2) is 2.91. The molecule has 4 nitrogen and oxygen atoms in total. The summed E-state index contributed by atoms with van der Waals surface area (Å²) in [7, 11) is 0. The van der Waals surface area contributed by atoms with E-state index in [1.54, 1.807) is 0 Å². The summed E-state index contributed by atoms with van der Waals surface area (Å²) in [4.78, 5) is 11.6. The summed E-state index contributed by atoms with van der Waals surface area (Å²) < 4.78 is 15.9. The van der Waals surface area contributed by atoms with Crippen molar-refractivity contribution in [2.75, 3.05) is 13.4 Å². The van der Waals surface area contributed by atoms with Crippen molar-refractivity contribution >= 4 is 16.6 Å². The average Bonchev–Trinajstić information content (AvgIpc) is 2.91. The molecular formula is C13H8O4. The Balaban J connectivity index is 2.03. The molecule has 2 aliphatic heterocycles. The lowest BCUT2D eigenvalue weighted by Crippen LogP contribution is -1.98. The van der Waals surface area contributed by atoms with Crippen LogP contribution in [-0.2, 0) is 0 Å². The van der Waals surface area contributed by atoms with Crippen LogP contribution in [0.4, 0.5) is 0 Å². The predicted octanol–water partition coefficient (Wildman–Crippen LogP) is 2.14. The fraction of sp³-hybridized carbons (Fsp3) is 0.154. The maximum absolute atomic E-state index is 11.6. The smallest absolute Gasteiger partial charge is 0.231 e. The van der Waals surface area contributed by atoms with Crippen LogP contribution < -0.4 is 14.2 Å². The molecule has 0 unspecified atom stereocenters. The monoisotopic (exact) mass is 228 g/mol. The standard InChI is InChI=1S/C13H8O4/c14-10-5-15-11-2-8-4-13-12(16-6-17-13)3-7(8)1-9(10)11/h1-4H,5-6H2. The largest absolute Gasteiger partial charge is 0.485 e. The van der Waals surface area contributed by atoms with E-state index in [0.717, 1.165) is 22.3 Å². The third-order valence-corrected chi connectivity index (χ3v) is 3.09. The lowest BCUT2D eigenvalue weighted by Gasteiger charge is -2.03. The van der Waals surface area contributed by atoms with Crippen molar-refractivity contribution in [1.82, 2.24) is 0 Å². The first-order chi connectivity index (χ1) is 8.31. The lowest BCUT2D eigenvalue weighted by molar-refractivity contribution is 0.0961. The van der Waals surface area contributed by atoms with Gasteiger partial charge in [0.2, 0.25) is 12.6 Å². The van der Waals surface area contributed by atoms with Gasteiger partial charge in [-0.15, -0.1) is 0 Å². The molecule has 0 saturated carbocycles. The van der Waals surface area contributed by atoms with Gasteiger partial charge in [-0.2, -0.15) is 0 Å². The van der Waals surface area contributed by atoms with Crippen LogP contribution in [0.1, 0.15) is 10.4 Å². The topological polar surface area (TPSA) is 44.8 Å². The minimum Gasteiger partial charge on any atom is -0.485 e. The van der Waals surface area contributed by atoms with E-state index in [0.29, 0.717) is 11.3 Å². The fourth-order valence-corrected chi connectivity index (χ4v) is 2.23. The zero-order valence-corrected chi connectivity index (χ0v) is 8.86. The van der Waals surface area contributed by atoms with Crippen molar-refractivity contribution in [3.05, 3.63) is 29.8 Å². The van der Waals surface area contributed by atoms with Crippen LogP contribution in [0.3, 0.4) is 0 Å². The van der Waals surface area contributed by atoms with Gasteiger partial charge >= 0.3 is 0 Å². The number of ether oxygens (including phenoxy) is 3. The average molecular weight is 228 g/mol. The molecule has 0 aromatic heterocycles. The van der Waals surface area contributed by atoms with Crippen molar-refractivity contribution in [2.24, 2.45) is 0 Å². The summed E-state index contributed by atoms with van der Waals surface area (Å²) in [5.74, 6) is 2.14. The van der Waals surface area contributed by atoms with E-state index in [1.165, 1.54) is 0 Å². The molecular weight excluding hydrogens is 220 g/mol. The van der Waals surface area contributed by atoms with Crippen molar-refractivity contribution in [3.8, 4) is 17.2 Å². The summed E-state index contributed by atoms with van der Waals surface area (Å²) in [6.45, 7) is 0.388. The minimum atomic E-state index is 0.0274. The molecule has 2 aromatic carbocycles. The molecule has 0 aliphatic carbocycles. The molecule has 0 N–H and O–H groups in total. The quantitative estimate of drug-likeness (QED) is 0.693. The van der Waals surface area contributed by atoms with Crippen LogP contribution in [0.5, 0.6) is 17.2 Å². The van der Waals surface area contributed by atoms with Gasteiger partial charge in [-0.1, -0.05) is 0 Å². The Hall–Kier alpha value is -2.23. The molecule has 0 spiro atoms. The molecule has 0 atom stereocenters. The van der Waals surface area contributed by atoms with E-state index in [-0.39, 0.29) is 19.2 Å². The zero-order valence-electron chi connectivity index (χ0n) is 8.86. The summed E-state index contributed by atoms with van der Waals surface area (Å²) in [6.07, 6.45) is 0. The molecule has 0 radical (unpaired) electrons. The maximum atomic E-state index is 11.6. The Morgan fingerprint density at radius 3 is 2.24 bits per heavy atom. The van der Waals surface area contributed by atoms with Crippen LogP contribution in [0, 0.1) is 0 Å². The van der Waals surface area contributed by atoms with Gasteiger partial charge in [0.15, 0.2) is 18.1 Å². The van der Waals surface area contributed by atoms with Gasteiger partial charge < -0.3 is 14.2 Å². The van der Waals surface area contributed by atoms with Crippen molar-refractivity contribution < 1.29 is 19.0 Å². The Kier molecular flexibility index (Phi) is 1.52. The number of Topliss-reactive ketones (excluding diaryl/α,β-unsaturated/α-hetero) is 1. The number of rotatable bonds is 0. The molecule has 84 valence electrons. The zero-order chi connectivity index (χ0) is 11.4. The first-order valence-electron chi connectivity index (χ1n) is 5.35. The van der Waals surface area contributed by atoms with Gasteiger partial charge in [0.25, 0.3) is 0 Å². The maximum Gasteiger partial charge on any atom is 0.231 e. The normalized spacial score (nSPS) is 16.1. The molecule has 0 fully saturated rings. The van der Waals surface area contributed by atoms with Crippen LogP contribution >= 0.6 is 0 Å². The van der Waals surface area contributed by atoms with Gasteiger partial charge in [0.1, 0.15) is 5.75 Å². The number of hydrogen-bond donors (Lipinski definition) is 0. The van der Waals surface area contributed by atoms with E-state index in [2.05, 4.69) is 0 Å². The molecule has 0 saturated heterocycles. The fourth-order valence-electron chi connectivity index (χ4n) is 2.23. The number of hydrogen-bond acceptors (Lipinski definition) is 4. The molecule has 0 amide bonds. The van der Waals surface area contributed by atoms with Gasteiger partial charge in [0.05, 0.1) is 5.56 Å². The summed E-state index contributed by atoms with van der Waals surface area (Å²) in [5.41, 5.74) is 0.649. The molecule has 2 aliphatic rings. The van der Waals surface area contributed by atoms with Crippen LogP contribution in [-0.4, -0.2) is 19.2 Å². The Morgan fingerprint density at radius 2 is 1.47 bits per heavy atom. The van der Waals surface area contributed by atoms with Crippen LogP contribution in [0.2, 0.25) is 0 Å². The van der Waals surface area contributed by atoms with Crippen molar-refractivity contribution in [1.29, 1.82) is 0 Å². The highest BCUT2D eigenvalue weighted by Crippen LogP contribution is 2.39. The number of ketones is 1. The van der Waals surface area contributed by atoms with Gasteiger partial charge in [-0.3, -0.25) is 4.79 Å². The summed E-state index contributed by atoms with van der Waals surface area (Å²) in [5, 5.41) is 1.95. The summed E-state index contributed by atoms with van der Waals surface area (Å²) >= 11 is 0. The van der Waals surface area contributed by atoms with Gasteiger partial charge in [0, 0.05) is 0 Å². The molecule has 2 aromatic rings. The van der Waals surface area contributed by atoms with Crippen LogP contribution in [0.25, 0.3) is 10.8 Å². The van der Waals surface area contributed by atoms with Crippen LogP contribution in [0.15, 0.2) is 24.3 Å². The van der Waals surface area contributed by atoms with E-state index in [1.807, 2.05) is 24.3 Å². The number of benzene rings is 2. The first-order valence-corrected chi connectivity index (χ1v) is 5.35. The minimum absolute atomic E-state index is 0.0274. The second-order valence-corrected chi connectivity index (χ2v) is 4.11. The molecule has 0 bridgehead atoms. The van der Waals surface area contributed by atoms with E-state index in [9.17, 15) is 4.79 Å². The van der Waals surface area contributed by atoms with Crippen molar-refractivity contribution in [2.45, 2.75) is 0 Å². The highest BCUT2D eigenvalue weighted by Gasteiger charge is 2.23. The van der Waals surface area contributed by atoms with E-state index < -0.39 is 0 Å². The first kappa shape index (κ1) is 8.87. The molecule has 4 heteroatoms. The lowest BCUT2D eigenvalue weighted by atomic mass is 10.0. The summed E-state index contributed by atoms with van der Waals surface area (Å²) in [6, 6.07) is 7.52. The van der Waals surface area contributed by atoms with E-state index >= 15 is 0 Å². The Morgan fingerprint density at radius 1 is 0.824 bits per heavy atom. The van der Waals surface area contributed by atoms with Gasteiger partial charge in [-0.05, 0) is 35.0 Å². The highest BCUT2D eigenvalue weighted by molar-refractivity contribution is 6.06. The van der Waals surface area contributed by atoms with Gasteiger partial charge in [-0.25, -0.2) is 0 Å². The van der Waals surface area contributed by atoms with E-state index in [4.69, 9.17) is 14.2 Å². The number of carbonyl (C=O) groups is 1. The number of fused-ring (bicyclic) bond motifs is 3. The molecule has 17 heavy (non-hydrogen) atoms. The molecule has 2 heterocycles.